The van der Waals surface area contributed by atoms with Crippen molar-refractivity contribution in [2.24, 2.45) is 0 Å². The number of rotatable bonds is 2. The van der Waals surface area contributed by atoms with E-state index in [2.05, 4.69) is 22.9 Å². The Labute approximate surface area is 105 Å². The van der Waals surface area contributed by atoms with Crippen molar-refractivity contribution < 1.29 is 4.79 Å². The van der Waals surface area contributed by atoms with Gasteiger partial charge < -0.3 is 4.98 Å². The molecule has 2 nitrogen and oxygen atoms in total. The van der Waals surface area contributed by atoms with Gasteiger partial charge in [0.05, 0.1) is 0 Å². The van der Waals surface area contributed by atoms with Crippen molar-refractivity contribution in [3.05, 3.63) is 36.0 Å². The summed E-state index contributed by atoms with van der Waals surface area (Å²) in [6, 6.07) is 8.15. The minimum Gasteiger partial charge on any atom is -0.361 e. The fourth-order valence-corrected chi connectivity index (χ4v) is 2.03. The van der Waals surface area contributed by atoms with Crippen molar-refractivity contribution in [2.45, 2.75) is 13.3 Å². The number of hydrogen-bond acceptors (Lipinski definition) is 2. The first-order chi connectivity index (χ1) is 8.25. The predicted octanol–water partition coefficient (Wildman–Crippen LogP) is 3.19. The molecule has 0 aliphatic heterocycles. The van der Waals surface area contributed by atoms with E-state index in [4.69, 9.17) is 0 Å². The largest absolute Gasteiger partial charge is 0.361 e. The SMILES string of the molecule is CC(=O)SCCC#Cc1ccc2cc[nH]c2c1. The standard InChI is InChI=1S/C14H13NOS/c1-11(16)17-9-3-2-4-12-5-6-13-7-8-15-14(13)10-12/h5-8,10,15H,3,9H2,1H3. The molecule has 1 N–H and O–H groups in total. The quantitative estimate of drug-likeness (QED) is 0.649. The van der Waals surface area contributed by atoms with Crippen molar-refractivity contribution >= 4 is 27.8 Å². The Hall–Kier alpha value is -1.66. The van der Waals surface area contributed by atoms with E-state index >= 15 is 0 Å². The van der Waals surface area contributed by atoms with E-state index in [0.29, 0.717) is 0 Å². The van der Waals surface area contributed by atoms with Gasteiger partial charge in [-0.25, -0.2) is 0 Å². The zero-order valence-electron chi connectivity index (χ0n) is 9.62. The highest BCUT2D eigenvalue weighted by Gasteiger charge is 1.94. The first-order valence-electron chi connectivity index (χ1n) is 5.45. The third kappa shape index (κ3) is 3.40. The molecule has 1 aromatic carbocycles. The Morgan fingerprint density at radius 2 is 2.29 bits per heavy atom. The van der Waals surface area contributed by atoms with Gasteiger partial charge in [0, 0.05) is 36.4 Å². The zero-order valence-corrected chi connectivity index (χ0v) is 10.4. The highest BCUT2D eigenvalue weighted by Crippen LogP contribution is 2.13. The lowest BCUT2D eigenvalue weighted by Gasteiger charge is -1.92. The average molecular weight is 243 g/mol. The molecule has 0 unspecified atom stereocenters. The summed E-state index contributed by atoms with van der Waals surface area (Å²) in [5.41, 5.74) is 2.11. The normalized spacial score (nSPS) is 9.94. The Balaban J connectivity index is 1.98. The topological polar surface area (TPSA) is 32.9 Å². The first kappa shape index (κ1) is 11.8. The van der Waals surface area contributed by atoms with E-state index in [-0.39, 0.29) is 5.12 Å². The van der Waals surface area contributed by atoms with Crippen LogP contribution in [0.4, 0.5) is 0 Å². The molecule has 1 heterocycles. The zero-order chi connectivity index (χ0) is 12.1. The molecule has 0 radical (unpaired) electrons. The first-order valence-corrected chi connectivity index (χ1v) is 6.43. The Morgan fingerprint density at radius 1 is 1.41 bits per heavy atom. The number of carbonyl (C=O) groups excluding carboxylic acids is 1. The van der Waals surface area contributed by atoms with E-state index in [9.17, 15) is 4.79 Å². The van der Waals surface area contributed by atoms with Gasteiger partial charge in [-0.1, -0.05) is 29.7 Å². The highest BCUT2D eigenvalue weighted by atomic mass is 32.2. The van der Waals surface area contributed by atoms with Gasteiger partial charge in [0.25, 0.3) is 0 Å². The van der Waals surface area contributed by atoms with Gasteiger partial charge in [0.1, 0.15) is 0 Å². The van der Waals surface area contributed by atoms with Crippen LogP contribution in [0.2, 0.25) is 0 Å². The fourth-order valence-electron chi connectivity index (χ4n) is 1.54. The van der Waals surface area contributed by atoms with Gasteiger partial charge in [-0.2, -0.15) is 0 Å². The average Bonchev–Trinajstić information content (AvgIpc) is 2.75. The molecule has 0 spiro atoms. The maximum Gasteiger partial charge on any atom is 0.185 e. The molecule has 0 saturated carbocycles. The molecule has 86 valence electrons. The van der Waals surface area contributed by atoms with Crippen LogP contribution in [0, 0.1) is 11.8 Å². The minimum absolute atomic E-state index is 0.152. The molecule has 0 fully saturated rings. The summed E-state index contributed by atoms with van der Waals surface area (Å²) in [7, 11) is 0. The lowest BCUT2D eigenvalue weighted by atomic mass is 10.2. The van der Waals surface area contributed by atoms with Crippen LogP contribution in [0.1, 0.15) is 18.9 Å². The molecule has 2 aromatic rings. The molecule has 17 heavy (non-hydrogen) atoms. The Morgan fingerprint density at radius 3 is 3.12 bits per heavy atom. The number of benzene rings is 1. The number of H-pyrrole nitrogens is 1. The molecule has 0 bridgehead atoms. The second-order valence-electron chi connectivity index (χ2n) is 3.67. The molecule has 0 amide bonds. The minimum atomic E-state index is 0.152. The Kier molecular flexibility index (Phi) is 3.89. The van der Waals surface area contributed by atoms with E-state index in [1.54, 1.807) is 6.92 Å². The van der Waals surface area contributed by atoms with Crippen LogP contribution in [0.3, 0.4) is 0 Å². The van der Waals surface area contributed by atoms with Crippen LogP contribution in [-0.2, 0) is 4.79 Å². The summed E-state index contributed by atoms with van der Waals surface area (Å²) in [6.45, 7) is 1.58. The molecule has 2 rings (SSSR count). The lowest BCUT2D eigenvalue weighted by Crippen LogP contribution is -1.84. The van der Waals surface area contributed by atoms with E-state index in [1.807, 2.05) is 24.4 Å². The number of carbonyl (C=O) groups is 1. The monoisotopic (exact) mass is 243 g/mol. The number of aromatic amines is 1. The molecule has 1 aromatic heterocycles. The number of thioether (sulfide) groups is 1. The van der Waals surface area contributed by atoms with Gasteiger partial charge in [-0.15, -0.1) is 0 Å². The second kappa shape index (κ2) is 5.60. The Bertz CT molecular complexity index is 589. The van der Waals surface area contributed by atoms with Crippen molar-refractivity contribution in [1.29, 1.82) is 0 Å². The summed E-state index contributed by atoms with van der Waals surface area (Å²) in [5, 5.41) is 1.35. The molecular weight excluding hydrogens is 230 g/mol. The number of aromatic nitrogens is 1. The lowest BCUT2D eigenvalue weighted by molar-refractivity contribution is -0.109. The molecule has 0 aliphatic rings. The fraction of sp³-hybridized carbons (Fsp3) is 0.214. The van der Waals surface area contributed by atoms with Crippen LogP contribution < -0.4 is 0 Å². The van der Waals surface area contributed by atoms with Crippen LogP contribution in [-0.4, -0.2) is 15.9 Å². The van der Waals surface area contributed by atoms with Gasteiger partial charge in [-0.05, 0) is 23.6 Å². The van der Waals surface area contributed by atoms with Gasteiger partial charge >= 0.3 is 0 Å². The summed E-state index contributed by atoms with van der Waals surface area (Å²) < 4.78 is 0. The van der Waals surface area contributed by atoms with Crippen LogP contribution in [0.5, 0.6) is 0 Å². The van der Waals surface area contributed by atoms with Gasteiger partial charge in [0.15, 0.2) is 5.12 Å². The molecule has 3 heteroatoms. The molecule has 0 atom stereocenters. The summed E-state index contributed by atoms with van der Waals surface area (Å²) in [6.07, 6.45) is 2.67. The number of nitrogens with one attached hydrogen (secondary N) is 1. The van der Waals surface area contributed by atoms with Crippen molar-refractivity contribution in [2.75, 3.05) is 5.75 Å². The molecule has 0 aliphatic carbocycles. The highest BCUT2D eigenvalue weighted by molar-refractivity contribution is 8.13. The molecule has 0 saturated heterocycles. The van der Waals surface area contributed by atoms with Crippen LogP contribution in [0.25, 0.3) is 10.9 Å². The maximum atomic E-state index is 10.7. The smallest absolute Gasteiger partial charge is 0.185 e. The van der Waals surface area contributed by atoms with Crippen molar-refractivity contribution in [3.63, 3.8) is 0 Å². The van der Waals surface area contributed by atoms with Crippen LogP contribution in [0.15, 0.2) is 30.5 Å². The summed E-state index contributed by atoms with van der Waals surface area (Å²) in [4.78, 5) is 13.9. The van der Waals surface area contributed by atoms with Crippen molar-refractivity contribution in [1.82, 2.24) is 4.98 Å². The van der Waals surface area contributed by atoms with Crippen LogP contribution >= 0.6 is 11.8 Å². The van der Waals surface area contributed by atoms with Gasteiger partial charge in [0.2, 0.25) is 0 Å². The second-order valence-corrected chi connectivity index (χ2v) is 4.94. The number of hydrogen-bond donors (Lipinski definition) is 1. The summed E-state index contributed by atoms with van der Waals surface area (Å²) >= 11 is 1.32. The summed E-state index contributed by atoms with van der Waals surface area (Å²) in [5.74, 6) is 6.95. The maximum absolute atomic E-state index is 10.7. The predicted molar refractivity (Wildman–Crippen MR) is 72.9 cm³/mol. The van der Waals surface area contributed by atoms with E-state index in [1.165, 1.54) is 17.1 Å². The third-order valence-corrected chi connectivity index (χ3v) is 3.13. The van der Waals surface area contributed by atoms with Gasteiger partial charge in [-0.3, -0.25) is 4.79 Å². The van der Waals surface area contributed by atoms with E-state index in [0.717, 1.165) is 23.3 Å². The molecular formula is C14H13NOS. The number of fused-ring (bicyclic) bond motifs is 1. The van der Waals surface area contributed by atoms with E-state index < -0.39 is 0 Å². The third-order valence-electron chi connectivity index (χ3n) is 2.32. The van der Waals surface area contributed by atoms with Crippen molar-refractivity contribution in [3.8, 4) is 11.8 Å².